The maximum atomic E-state index is 10.5. The largest absolute Gasteiger partial charge is 0.389 e. The average Bonchev–Trinajstić information content (AvgIpc) is 2.36. The van der Waals surface area contributed by atoms with Gasteiger partial charge in [0.2, 0.25) is 0 Å². The molecule has 2 N–H and O–H groups in total. The Morgan fingerprint density at radius 1 is 1.18 bits per heavy atom. The third-order valence-electron chi connectivity index (χ3n) is 4.56. The lowest BCUT2D eigenvalue weighted by molar-refractivity contribution is 0.0565. The van der Waals surface area contributed by atoms with Gasteiger partial charge in [-0.3, -0.25) is 0 Å². The van der Waals surface area contributed by atoms with Crippen molar-refractivity contribution in [2.75, 3.05) is 0 Å². The van der Waals surface area contributed by atoms with Crippen LogP contribution in [0.3, 0.4) is 0 Å². The Balaban J connectivity index is 2.97. The SMILES string of the molecule is C/C1=C/C(O)CC(C)(O)/C=C\C(C(C)C)CC/C(C)=C\CC1. The quantitative estimate of drug-likeness (QED) is 0.684. The van der Waals surface area contributed by atoms with E-state index in [1.54, 1.807) is 6.92 Å². The van der Waals surface area contributed by atoms with Gasteiger partial charge in [-0.15, -0.1) is 0 Å². The van der Waals surface area contributed by atoms with E-state index in [2.05, 4.69) is 39.8 Å². The number of allylic oxidation sites excluding steroid dienone is 4. The molecular formula is C20H34O2. The van der Waals surface area contributed by atoms with Crippen LogP contribution in [0.1, 0.15) is 66.7 Å². The molecule has 0 spiro atoms. The fourth-order valence-corrected chi connectivity index (χ4v) is 2.99. The molecule has 1 aliphatic rings. The Hall–Kier alpha value is -0.860. The van der Waals surface area contributed by atoms with Crippen molar-refractivity contribution in [2.24, 2.45) is 11.8 Å². The summed E-state index contributed by atoms with van der Waals surface area (Å²) >= 11 is 0. The molecule has 1 rings (SSSR count). The van der Waals surface area contributed by atoms with Gasteiger partial charge in [0, 0.05) is 6.42 Å². The van der Waals surface area contributed by atoms with E-state index < -0.39 is 11.7 Å². The minimum atomic E-state index is -0.960. The van der Waals surface area contributed by atoms with Crippen LogP contribution < -0.4 is 0 Å². The molecule has 2 heteroatoms. The standard InChI is InChI=1S/C20H34O2/c1-15(2)18-10-9-16(3)7-6-8-17(4)13-19(21)14-20(5,22)12-11-18/h7,11-13,15,18-19,21-22H,6,8-10,14H2,1-5H3/b12-11-,16-7-,17-13-. The zero-order valence-corrected chi connectivity index (χ0v) is 15.0. The van der Waals surface area contributed by atoms with Gasteiger partial charge in [0.25, 0.3) is 0 Å². The molecule has 3 atom stereocenters. The van der Waals surface area contributed by atoms with E-state index in [-0.39, 0.29) is 0 Å². The fourth-order valence-electron chi connectivity index (χ4n) is 2.99. The van der Waals surface area contributed by atoms with Gasteiger partial charge in [-0.1, -0.05) is 49.3 Å². The molecular weight excluding hydrogens is 272 g/mol. The molecule has 0 aromatic heterocycles. The smallest absolute Gasteiger partial charge is 0.0827 e. The summed E-state index contributed by atoms with van der Waals surface area (Å²) in [6, 6.07) is 0. The third-order valence-corrected chi connectivity index (χ3v) is 4.56. The Kier molecular flexibility index (Phi) is 7.58. The highest BCUT2D eigenvalue weighted by atomic mass is 16.3. The maximum Gasteiger partial charge on any atom is 0.0827 e. The van der Waals surface area contributed by atoms with Gasteiger partial charge in [0.05, 0.1) is 11.7 Å². The topological polar surface area (TPSA) is 40.5 Å². The summed E-state index contributed by atoms with van der Waals surface area (Å²) in [5.41, 5.74) is 1.67. The van der Waals surface area contributed by atoms with E-state index in [0.29, 0.717) is 18.3 Å². The normalized spacial score (nSPS) is 38.5. The number of hydrogen-bond donors (Lipinski definition) is 2. The molecule has 0 radical (unpaired) electrons. The number of aliphatic hydroxyl groups is 2. The molecule has 0 fully saturated rings. The molecule has 0 aliphatic heterocycles. The highest BCUT2D eigenvalue weighted by Crippen LogP contribution is 2.25. The van der Waals surface area contributed by atoms with E-state index >= 15 is 0 Å². The van der Waals surface area contributed by atoms with Crippen LogP contribution in [-0.4, -0.2) is 21.9 Å². The Labute approximate surface area is 136 Å². The Morgan fingerprint density at radius 2 is 1.86 bits per heavy atom. The highest BCUT2D eigenvalue weighted by molar-refractivity contribution is 5.10. The fraction of sp³-hybridized carbons (Fsp3) is 0.700. The van der Waals surface area contributed by atoms with Crippen molar-refractivity contribution >= 4 is 0 Å². The van der Waals surface area contributed by atoms with Gasteiger partial charge in [-0.25, -0.2) is 0 Å². The molecule has 126 valence electrons. The molecule has 0 aromatic rings. The van der Waals surface area contributed by atoms with Crippen molar-refractivity contribution in [1.82, 2.24) is 0 Å². The molecule has 0 saturated heterocycles. The van der Waals surface area contributed by atoms with Gasteiger partial charge in [-0.2, -0.15) is 0 Å². The lowest BCUT2D eigenvalue weighted by atomic mass is 9.86. The Bertz CT molecular complexity index is 427. The second-order valence-electron chi connectivity index (χ2n) is 7.54. The summed E-state index contributed by atoms with van der Waals surface area (Å²) in [6.07, 6.45) is 12.2. The second-order valence-corrected chi connectivity index (χ2v) is 7.54. The Morgan fingerprint density at radius 3 is 2.50 bits per heavy atom. The predicted octanol–water partition coefficient (Wildman–Crippen LogP) is 4.78. The maximum absolute atomic E-state index is 10.5. The first-order valence-corrected chi connectivity index (χ1v) is 8.62. The van der Waals surface area contributed by atoms with Crippen LogP contribution in [-0.2, 0) is 0 Å². The summed E-state index contributed by atoms with van der Waals surface area (Å²) in [7, 11) is 0. The monoisotopic (exact) mass is 306 g/mol. The molecule has 1 aliphatic carbocycles. The zero-order valence-electron chi connectivity index (χ0n) is 15.0. The molecule has 0 amide bonds. The van der Waals surface area contributed by atoms with E-state index in [1.807, 2.05) is 12.2 Å². The van der Waals surface area contributed by atoms with Crippen molar-refractivity contribution in [2.45, 2.75) is 78.4 Å². The van der Waals surface area contributed by atoms with Gasteiger partial charge in [0.1, 0.15) is 0 Å². The summed E-state index contributed by atoms with van der Waals surface area (Å²) in [4.78, 5) is 0. The second kappa shape index (κ2) is 8.69. The van der Waals surface area contributed by atoms with Crippen molar-refractivity contribution < 1.29 is 10.2 Å². The van der Waals surface area contributed by atoms with Gasteiger partial charge in [0.15, 0.2) is 0 Å². The van der Waals surface area contributed by atoms with Crippen molar-refractivity contribution in [3.8, 4) is 0 Å². The van der Waals surface area contributed by atoms with Crippen LogP contribution in [0.15, 0.2) is 35.5 Å². The first-order chi connectivity index (χ1) is 10.2. The number of hydrogen-bond acceptors (Lipinski definition) is 2. The number of rotatable bonds is 1. The lowest BCUT2D eigenvalue weighted by Crippen LogP contribution is -2.27. The first kappa shape index (κ1) is 19.2. The van der Waals surface area contributed by atoms with Crippen LogP contribution in [0, 0.1) is 11.8 Å². The molecule has 0 heterocycles. The highest BCUT2D eigenvalue weighted by Gasteiger charge is 2.21. The van der Waals surface area contributed by atoms with E-state index in [1.165, 1.54) is 11.1 Å². The molecule has 0 bridgehead atoms. The minimum Gasteiger partial charge on any atom is -0.389 e. The molecule has 3 unspecified atom stereocenters. The van der Waals surface area contributed by atoms with Gasteiger partial charge >= 0.3 is 0 Å². The van der Waals surface area contributed by atoms with Crippen LogP contribution in [0.25, 0.3) is 0 Å². The molecule has 0 saturated carbocycles. The summed E-state index contributed by atoms with van der Waals surface area (Å²) in [5, 5.41) is 20.7. The van der Waals surface area contributed by atoms with Crippen LogP contribution in [0.5, 0.6) is 0 Å². The lowest BCUT2D eigenvalue weighted by Gasteiger charge is -2.24. The summed E-state index contributed by atoms with van der Waals surface area (Å²) < 4.78 is 0. The third kappa shape index (κ3) is 7.42. The van der Waals surface area contributed by atoms with E-state index in [4.69, 9.17) is 0 Å². The predicted molar refractivity (Wildman–Crippen MR) is 94.7 cm³/mol. The van der Waals surface area contributed by atoms with Gasteiger partial charge in [-0.05, 0) is 58.3 Å². The minimum absolute atomic E-state index is 0.348. The van der Waals surface area contributed by atoms with Crippen molar-refractivity contribution in [1.29, 1.82) is 0 Å². The summed E-state index contributed by atoms with van der Waals surface area (Å²) in [6.45, 7) is 10.5. The number of aliphatic hydroxyl groups excluding tert-OH is 1. The molecule has 22 heavy (non-hydrogen) atoms. The average molecular weight is 306 g/mol. The van der Waals surface area contributed by atoms with Crippen molar-refractivity contribution in [3.63, 3.8) is 0 Å². The van der Waals surface area contributed by atoms with E-state index in [9.17, 15) is 10.2 Å². The first-order valence-electron chi connectivity index (χ1n) is 8.62. The van der Waals surface area contributed by atoms with E-state index in [0.717, 1.165) is 25.7 Å². The van der Waals surface area contributed by atoms with Crippen LogP contribution in [0.2, 0.25) is 0 Å². The summed E-state index contributed by atoms with van der Waals surface area (Å²) in [5.74, 6) is 1.02. The molecule has 2 nitrogen and oxygen atoms in total. The van der Waals surface area contributed by atoms with Gasteiger partial charge < -0.3 is 10.2 Å². The van der Waals surface area contributed by atoms with Crippen LogP contribution >= 0.6 is 0 Å². The zero-order chi connectivity index (χ0) is 16.8. The molecule has 0 aromatic carbocycles. The van der Waals surface area contributed by atoms with Crippen LogP contribution in [0.4, 0.5) is 0 Å². The van der Waals surface area contributed by atoms with Crippen molar-refractivity contribution in [3.05, 3.63) is 35.5 Å².